The summed E-state index contributed by atoms with van der Waals surface area (Å²) in [6.07, 6.45) is 3.83. The van der Waals surface area contributed by atoms with Gasteiger partial charge in [-0.3, -0.25) is 0 Å². The molecular weight excluding hydrogens is 753 g/mol. The van der Waals surface area contributed by atoms with Crippen LogP contribution in [0.25, 0.3) is 42.7 Å². The smallest absolute Gasteiger partial charge is 0.0795 e. The molecule has 0 saturated carbocycles. The molecule has 0 bridgehead atoms. The Morgan fingerprint density at radius 2 is 1.58 bits per heavy atom. The van der Waals surface area contributed by atoms with Crippen molar-refractivity contribution < 1.29 is 21.5 Å². The Morgan fingerprint density at radius 3 is 2.21 bits per heavy atom. The zero-order valence-corrected chi connectivity index (χ0v) is 31.5. The van der Waals surface area contributed by atoms with Crippen LogP contribution in [-0.4, -0.2) is 26.1 Å². The average molecular weight is 794 g/mol. The van der Waals surface area contributed by atoms with Crippen LogP contribution in [-0.2, 0) is 20.1 Å². The fourth-order valence-corrected chi connectivity index (χ4v) is 9.01. The van der Waals surface area contributed by atoms with Gasteiger partial charge < -0.3 is 9.97 Å². The molecule has 0 spiro atoms. The first-order valence-electron chi connectivity index (χ1n) is 15.0. The Balaban J connectivity index is 0.000000223. The van der Waals surface area contributed by atoms with Gasteiger partial charge in [0.15, 0.2) is 0 Å². The first-order valence-corrected chi connectivity index (χ1v) is 22.3. The number of rotatable bonds is 5. The van der Waals surface area contributed by atoms with Crippen LogP contribution in [0.2, 0.25) is 39.3 Å². The summed E-state index contributed by atoms with van der Waals surface area (Å²) in [5.41, 5.74) is 4.98. The molecule has 0 aliphatic carbocycles. The Hall–Kier alpha value is -2.74. The second-order valence-electron chi connectivity index (χ2n) is 13.0. The Labute approximate surface area is 278 Å². The van der Waals surface area contributed by atoms with Crippen molar-refractivity contribution >= 4 is 58.0 Å². The van der Waals surface area contributed by atoms with Crippen LogP contribution in [0.15, 0.2) is 91.3 Å². The molecular formula is C37H40IrN2SSi2-2. The van der Waals surface area contributed by atoms with Gasteiger partial charge >= 0.3 is 0 Å². The van der Waals surface area contributed by atoms with Crippen LogP contribution < -0.4 is 10.4 Å². The fourth-order valence-electron chi connectivity index (χ4n) is 5.03. The van der Waals surface area contributed by atoms with Gasteiger partial charge in [-0.2, -0.15) is 11.3 Å². The van der Waals surface area contributed by atoms with Crippen molar-refractivity contribution in [1.29, 1.82) is 0 Å². The van der Waals surface area contributed by atoms with Crippen molar-refractivity contribution in [3.63, 3.8) is 0 Å². The van der Waals surface area contributed by atoms with E-state index in [1.54, 1.807) is 0 Å². The van der Waals surface area contributed by atoms with E-state index in [0.29, 0.717) is 0 Å². The van der Waals surface area contributed by atoms with Crippen molar-refractivity contribution in [3.8, 4) is 22.5 Å². The monoisotopic (exact) mass is 794 g/mol. The van der Waals surface area contributed by atoms with Crippen molar-refractivity contribution in [2.45, 2.75) is 59.0 Å². The molecule has 6 aromatic rings. The maximum absolute atomic E-state index is 8.35. The molecule has 0 unspecified atom stereocenters. The summed E-state index contributed by atoms with van der Waals surface area (Å²) in [5, 5.41) is 5.62. The third kappa shape index (κ3) is 7.50. The predicted octanol–water partition coefficient (Wildman–Crippen LogP) is 9.68. The summed E-state index contributed by atoms with van der Waals surface area (Å²) in [5.74, 6) is -0.642. The molecule has 0 amide bonds. The first kappa shape index (κ1) is 31.7. The summed E-state index contributed by atoms with van der Waals surface area (Å²) in [6, 6.07) is 33.8. The van der Waals surface area contributed by atoms with E-state index < -0.39 is 22.0 Å². The molecule has 0 atom stereocenters. The number of hydrogen-bond donors (Lipinski definition) is 0. The molecule has 0 aliphatic heterocycles. The number of aromatic nitrogens is 2. The number of pyridine rings is 2. The molecule has 3 aromatic carbocycles. The molecule has 1 radical (unpaired) electrons. The topological polar surface area (TPSA) is 25.8 Å². The van der Waals surface area contributed by atoms with Crippen LogP contribution in [0.3, 0.4) is 0 Å². The zero-order chi connectivity index (χ0) is 31.0. The van der Waals surface area contributed by atoms with Crippen LogP contribution >= 0.6 is 11.3 Å². The van der Waals surface area contributed by atoms with Gasteiger partial charge in [0.2, 0.25) is 0 Å². The molecule has 3 aromatic heterocycles. The minimum atomic E-state index is -1.45. The van der Waals surface area contributed by atoms with Crippen molar-refractivity contribution in [1.82, 2.24) is 9.97 Å². The van der Waals surface area contributed by atoms with Crippen molar-refractivity contribution in [2.24, 2.45) is 0 Å². The Kier molecular flexibility index (Phi) is 9.94. The first-order chi connectivity index (χ1) is 20.2. The summed E-state index contributed by atoms with van der Waals surface area (Å²) in [7, 11) is -2.68. The Morgan fingerprint density at radius 1 is 0.791 bits per heavy atom. The normalized spacial score (nSPS) is 12.3. The van der Waals surface area contributed by atoms with Crippen LogP contribution in [0.1, 0.15) is 26.7 Å². The van der Waals surface area contributed by atoms with E-state index in [1.807, 2.05) is 80.0 Å². The molecule has 3 heterocycles. The molecule has 43 heavy (non-hydrogen) atoms. The molecule has 0 saturated heterocycles. The van der Waals surface area contributed by atoms with E-state index in [2.05, 4.69) is 97.8 Å². The third-order valence-electron chi connectivity index (χ3n) is 7.47. The maximum atomic E-state index is 8.35. The molecule has 223 valence electrons. The van der Waals surface area contributed by atoms with Gasteiger partial charge in [-0.25, -0.2) is 0 Å². The van der Waals surface area contributed by atoms with Gasteiger partial charge in [-0.15, -0.1) is 59.7 Å². The number of nitrogens with zero attached hydrogens (tertiary/aromatic N) is 2. The van der Waals surface area contributed by atoms with Gasteiger partial charge in [0.1, 0.15) is 0 Å². The summed E-state index contributed by atoms with van der Waals surface area (Å²) in [6.45, 7) is 18.0. The number of hydrogen-bond acceptors (Lipinski definition) is 3. The molecule has 6 heteroatoms. The maximum Gasteiger partial charge on any atom is 0.0795 e. The SMILES string of the molecule is C[Si](C)(C)c1ccc(-c2[c-]cccc2)nc1.[2H]C(C)(C)c1ccnc(-c2[c-]ccc3c2sc2cccc([Si](C)(C)C)c23)c1.[Ir]. The van der Waals surface area contributed by atoms with E-state index in [4.69, 9.17) is 1.37 Å². The van der Waals surface area contributed by atoms with E-state index in [1.165, 1.54) is 30.5 Å². The Bertz CT molecular complexity index is 1870. The number of thiophene rings is 1. The summed E-state index contributed by atoms with van der Waals surface area (Å²) >= 11 is 1.83. The molecule has 0 aliphatic rings. The second-order valence-corrected chi connectivity index (χ2v) is 24.2. The van der Waals surface area contributed by atoms with E-state index >= 15 is 0 Å². The van der Waals surface area contributed by atoms with E-state index in [0.717, 1.165) is 28.1 Å². The largest absolute Gasteiger partial charge is 0.305 e. The third-order valence-corrected chi connectivity index (χ3v) is 12.7. The summed E-state index contributed by atoms with van der Waals surface area (Å²) < 4.78 is 10.9. The molecule has 0 N–H and O–H groups in total. The van der Waals surface area contributed by atoms with Crippen LogP contribution in [0.4, 0.5) is 0 Å². The van der Waals surface area contributed by atoms with E-state index in [9.17, 15) is 0 Å². The molecule has 0 fully saturated rings. The predicted molar refractivity (Wildman–Crippen MR) is 190 cm³/mol. The molecule has 2 nitrogen and oxygen atoms in total. The van der Waals surface area contributed by atoms with E-state index in [-0.39, 0.29) is 20.1 Å². The van der Waals surface area contributed by atoms with Gasteiger partial charge in [0, 0.05) is 38.6 Å². The van der Waals surface area contributed by atoms with Gasteiger partial charge in [-0.1, -0.05) is 99.6 Å². The minimum absolute atomic E-state index is 0. The van der Waals surface area contributed by atoms with Crippen LogP contribution in [0, 0.1) is 12.1 Å². The van der Waals surface area contributed by atoms with Gasteiger partial charge in [0.05, 0.1) is 16.1 Å². The molecule has 6 rings (SSSR count). The number of fused-ring (bicyclic) bond motifs is 3. The second kappa shape index (κ2) is 13.5. The summed E-state index contributed by atoms with van der Waals surface area (Å²) in [4.78, 5) is 9.13. The van der Waals surface area contributed by atoms with Gasteiger partial charge in [-0.05, 0) is 44.7 Å². The standard InChI is InChI=1S/C23H24NSSi.C14H16NSi.Ir/c1-15(2)16-12-13-24-19(14-16)17-8-6-9-18-22-20(25-23(17)18)10-7-11-21(22)26(3,4)5;1-16(2,3)13-9-10-14(15-11-13)12-7-5-4-6-8-12;/h6-7,9-15H,1-5H3;4-7,9-11H,1-3H3;/q2*-1;/i15D;;. The van der Waals surface area contributed by atoms with Crippen LogP contribution in [0.5, 0.6) is 0 Å². The average Bonchev–Trinajstić information content (AvgIpc) is 3.36. The minimum Gasteiger partial charge on any atom is -0.305 e. The fraction of sp³-hybridized carbons (Fsp3) is 0.243. The van der Waals surface area contributed by atoms with Crippen molar-refractivity contribution in [2.75, 3.05) is 0 Å². The van der Waals surface area contributed by atoms with Gasteiger partial charge in [0.25, 0.3) is 0 Å². The zero-order valence-electron chi connectivity index (χ0n) is 27.3. The quantitative estimate of drug-likeness (QED) is 0.128. The van der Waals surface area contributed by atoms with Crippen molar-refractivity contribution in [3.05, 3.63) is 109 Å². The number of benzene rings is 3.